The van der Waals surface area contributed by atoms with Crippen LogP contribution in [0.4, 0.5) is 5.69 Å². The quantitative estimate of drug-likeness (QED) is 0.432. The monoisotopic (exact) mass is 413 g/mol. The third kappa shape index (κ3) is 6.23. The lowest BCUT2D eigenvalue weighted by molar-refractivity contribution is -0.133. The number of carboxylic acids is 1. The van der Waals surface area contributed by atoms with Gasteiger partial charge in [0.1, 0.15) is 0 Å². The van der Waals surface area contributed by atoms with Crippen LogP contribution in [0.1, 0.15) is 36.7 Å². The van der Waals surface area contributed by atoms with Gasteiger partial charge in [-0.25, -0.2) is 4.79 Å². The second kappa shape index (κ2) is 11.5. The molecule has 160 valence electrons. The molecule has 0 fully saturated rings. The fourth-order valence-electron chi connectivity index (χ4n) is 2.74. The zero-order valence-corrected chi connectivity index (χ0v) is 17.4. The van der Waals surface area contributed by atoms with E-state index in [-0.39, 0.29) is 18.1 Å². The van der Waals surface area contributed by atoms with Crippen molar-refractivity contribution in [3.63, 3.8) is 0 Å². The van der Waals surface area contributed by atoms with Crippen molar-refractivity contribution in [2.75, 3.05) is 31.7 Å². The van der Waals surface area contributed by atoms with Crippen LogP contribution < -0.4 is 14.9 Å². The molecule has 0 aliphatic carbocycles. The van der Waals surface area contributed by atoms with Crippen LogP contribution >= 0.6 is 0 Å². The Bertz CT molecular complexity index is 894. The number of rotatable bonds is 11. The van der Waals surface area contributed by atoms with Crippen molar-refractivity contribution in [1.29, 1.82) is 0 Å². The molecule has 0 saturated heterocycles. The molecule has 0 aromatic heterocycles. The molecule has 8 nitrogen and oxygen atoms in total. The minimum atomic E-state index is -1.03. The molecule has 0 aliphatic heterocycles. The summed E-state index contributed by atoms with van der Waals surface area (Å²) in [4.78, 5) is 25.1. The maximum absolute atomic E-state index is 12.2. The van der Waals surface area contributed by atoms with Gasteiger partial charge in [0.25, 0.3) is 5.91 Å². The molecule has 0 radical (unpaired) electrons. The minimum Gasteiger partial charge on any atom is -0.490 e. The smallest absolute Gasteiger partial charge is 0.337 e. The summed E-state index contributed by atoms with van der Waals surface area (Å²) in [7, 11) is 0. The summed E-state index contributed by atoms with van der Waals surface area (Å²) in [5, 5.41) is 13.3. The molecular formula is C22H27N3O5. The highest BCUT2D eigenvalue weighted by molar-refractivity contribution is 5.94. The number of amides is 1. The number of anilines is 1. The molecular weight excluding hydrogens is 386 g/mol. The average Bonchev–Trinajstić information content (AvgIpc) is 2.74. The molecule has 30 heavy (non-hydrogen) atoms. The highest BCUT2D eigenvalue weighted by Gasteiger charge is 2.13. The Labute approximate surface area is 176 Å². The number of carboxylic acid groups (broad SMARTS) is 1. The molecule has 2 aromatic carbocycles. The van der Waals surface area contributed by atoms with Gasteiger partial charge in [-0.05, 0) is 56.7 Å². The molecule has 0 saturated carbocycles. The number of hydrogen-bond acceptors (Lipinski definition) is 6. The van der Waals surface area contributed by atoms with Crippen LogP contribution in [0.25, 0.3) is 0 Å². The van der Waals surface area contributed by atoms with Crippen molar-refractivity contribution in [1.82, 2.24) is 4.90 Å². The van der Waals surface area contributed by atoms with Crippen LogP contribution in [0.3, 0.4) is 0 Å². The van der Waals surface area contributed by atoms with Crippen LogP contribution in [-0.4, -0.2) is 54.4 Å². The van der Waals surface area contributed by atoms with E-state index in [0.29, 0.717) is 36.9 Å². The SMILES string of the molecule is CCOc1cc(C=NNc2ccccc2C(=O)O)ccc1OCC(=O)N(CC)CC. The Kier molecular flexibility index (Phi) is 8.68. The number of likely N-dealkylation sites (N-methyl/N-ethyl adjacent to an activating group) is 1. The number of ether oxygens (including phenoxy) is 2. The lowest BCUT2D eigenvalue weighted by atomic mass is 10.2. The number of carbonyl (C=O) groups is 2. The van der Waals surface area contributed by atoms with Crippen LogP contribution in [0.5, 0.6) is 11.5 Å². The maximum atomic E-state index is 12.2. The summed E-state index contributed by atoms with van der Waals surface area (Å²) < 4.78 is 11.3. The van der Waals surface area contributed by atoms with Crippen LogP contribution in [0.2, 0.25) is 0 Å². The number of benzene rings is 2. The first-order valence-electron chi connectivity index (χ1n) is 9.78. The van der Waals surface area contributed by atoms with E-state index in [9.17, 15) is 14.7 Å². The molecule has 2 N–H and O–H groups in total. The predicted molar refractivity (Wildman–Crippen MR) is 116 cm³/mol. The van der Waals surface area contributed by atoms with Gasteiger partial charge in [0.15, 0.2) is 18.1 Å². The predicted octanol–water partition coefficient (Wildman–Crippen LogP) is 3.48. The Morgan fingerprint density at radius 2 is 1.80 bits per heavy atom. The van der Waals surface area contributed by atoms with E-state index in [1.165, 1.54) is 6.07 Å². The summed E-state index contributed by atoms with van der Waals surface area (Å²) in [6.07, 6.45) is 1.55. The first kappa shape index (κ1) is 22.7. The van der Waals surface area contributed by atoms with E-state index in [1.807, 2.05) is 20.8 Å². The fraction of sp³-hybridized carbons (Fsp3) is 0.318. The zero-order valence-electron chi connectivity index (χ0n) is 17.4. The Morgan fingerprint density at radius 3 is 2.47 bits per heavy atom. The minimum absolute atomic E-state index is 0.0667. The van der Waals surface area contributed by atoms with E-state index >= 15 is 0 Å². The number of nitrogens with one attached hydrogen (secondary N) is 1. The van der Waals surface area contributed by atoms with Crippen molar-refractivity contribution < 1.29 is 24.2 Å². The lowest BCUT2D eigenvalue weighted by Crippen LogP contribution is -2.34. The molecule has 1 amide bonds. The number of hydrogen-bond donors (Lipinski definition) is 2. The molecule has 0 atom stereocenters. The fourth-order valence-corrected chi connectivity index (χ4v) is 2.74. The van der Waals surface area contributed by atoms with Gasteiger partial charge in [0, 0.05) is 13.1 Å². The molecule has 0 unspecified atom stereocenters. The first-order valence-corrected chi connectivity index (χ1v) is 9.78. The second-order valence-electron chi connectivity index (χ2n) is 6.21. The van der Waals surface area contributed by atoms with Crippen molar-refractivity contribution in [2.24, 2.45) is 5.10 Å². The van der Waals surface area contributed by atoms with Gasteiger partial charge in [-0.3, -0.25) is 10.2 Å². The van der Waals surface area contributed by atoms with E-state index in [0.717, 1.165) is 5.56 Å². The molecule has 8 heteroatoms. The van der Waals surface area contributed by atoms with Crippen molar-refractivity contribution in [2.45, 2.75) is 20.8 Å². The van der Waals surface area contributed by atoms with Crippen molar-refractivity contribution >= 4 is 23.8 Å². The van der Waals surface area contributed by atoms with E-state index in [2.05, 4.69) is 10.5 Å². The molecule has 0 heterocycles. The van der Waals surface area contributed by atoms with Gasteiger partial charge in [0.05, 0.1) is 24.1 Å². The first-order chi connectivity index (χ1) is 14.5. The number of para-hydroxylation sites is 1. The maximum Gasteiger partial charge on any atom is 0.337 e. The molecule has 2 aromatic rings. The van der Waals surface area contributed by atoms with E-state index < -0.39 is 5.97 Å². The summed E-state index contributed by atoms with van der Waals surface area (Å²) in [6, 6.07) is 11.7. The molecule has 0 spiro atoms. The van der Waals surface area contributed by atoms with Gasteiger partial charge in [-0.15, -0.1) is 0 Å². The Balaban J connectivity index is 2.10. The molecule has 0 aliphatic rings. The highest BCUT2D eigenvalue weighted by atomic mass is 16.5. The van der Waals surface area contributed by atoms with Gasteiger partial charge >= 0.3 is 5.97 Å². The topological polar surface area (TPSA) is 100 Å². The average molecular weight is 413 g/mol. The number of aromatic carboxylic acids is 1. The standard InChI is InChI=1S/C22H27N3O5/c1-4-25(5-2)21(26)15-30-19-12-11-16(13-20(19)29-6-3)14-23-24-18-10-8-7-9-17(18)22(27)28/h7-14,24H,4-6,15H2,1-3H3,(H,27,28). The number of carbonyl (C=O) groups excluding carboxylic acids is 1. The van der Waals surface area contributed by atoms with Gasteiger partial charge in [-0.1, -0.05) is 12.1 Å². The van der Waals surface area contributed by atoms with Gasteiger partial charge in [0.2, 0.25) is 0 Å². The number of hydrazone groups is 1. The largest absolute Gasteiger partial charge is 0.490 e. The summed E-state index contributed by atoms with van der Waals surface area (Å²) in [5.41, 5.74) is 3.99. The Hall–Kier alpha value is -3.55. The molecule has 2 rings (SSSR count). The second-order valence-corrected chi connectivity index (χ2v) is 6.21. The normalized spacial score (nSPS) is 10.6. The van der Waals surface area contributed by atoms with E-state index in [1.54, 1.807) is 47.5 Å². The summed E-state index contributed by atoms with van der Waals surface area (Å²) in [5.74, 6) is -0.152. The van der Waals surface area contributed by atoms with E-state index in [4.69, 9.17) is 9.47 Å². The Morgan fingerprint density at radius 1 is 1.07 bits per heavy atom. The zero-order chi connectivity index (χ0) is 21.9. The van der Waals surface area contributed by atoms with Crippen LogP contribution in [-0.2, 0) is 4.79 Å². The van der Waals surface area contributed by atoms with Gasteiger partial charge < -0.3 is 19.5 Å². The highest BCUT2D eigenvalue weighted by Crippen LogP contribution is 2.28. The lowest BCUT2D eigenvalue weighted by Gasteiger charge is -2.19. The summed E-state index contributed by atoms with van der Waals surface area (Å²) >= 11 is 0. The molecule has 0 bridgehead atoms. The van der Waals surface area contributed by atoms with Crippen LogP contribution in [0, 0.1) is 0 Å². The van der Waals surface area contributed by atoms with Crippen molar-refractivity contribution in [3.05, 3.63) is 53.6 Å². The van der Waals surface area contributed by atoms with Crippen molar-refractivity contribution in [3.8, 4) is 11.5 Å². The third-order valence-electron chi connectivity index (χ3n) is 4.29. The van der Waals surface area contributed by atoms with Crippen LogP contribution in [0.15, 0.2) is 47.6 Å². The third-order valence-corrected chi connectivity index (χ3v) is 4.29. The van der Waals surface area contributed by atoms with Gasteiger partial charge in [-0.2, -0.15) is 5.10 Å². The number of nitrogens with zero attached hydrogens (tertiary/aromatic N) is 2. The summed E-state index contributed by atoms with van der Waals surface area (Å²) in [6.45, 7) is 7.33.